The molecule has 54 heavy (non-hydrogen) atoms. The predicted molar refractivity (Wildman–Crippen MR) is 205 cm³/mol. The third kappa shape index (κ3) is 8.34. The molecule has 4 atom stereocenters. The van der Waals surface area contributed by atoms with Crippen LogP contribution in [0.1, 0.15) is 77.2 Å². The zero-order chi connectivity index (χ0) is 38.5. The van der Waals surface area contributed by atoms with Crippen LogP contribution in [0.15, 0.2) is 59.2 Å². The van der Waals surface area contributed by atoms with Crippen molar-refractivity contribution >= 4 is 40.6 Å². The molecule has 0 spiro atoms. The number of aromatic nitrogens is 2. The van der Waals surface area contributed by atoms with Crippen molar-refractivity contribution < 1.29 is 29.0 Å². The average molecular weight is 736 g/mol. The van der Waals surface area contributed by atoms with Crippen LogP contribution in [0, 0.1) is 23.7 Å². The highest BCUT2D eigenvalue weighted by atomic mass is 16.5. The summed E-state index contributed by atoms with van der Waals surface area (Å²) in [6.07, 6.45) is 5.00. The number of aliphatic imine (C=N–C) groups is 1. The maximum absolute atomic E-state index is 13.6. The lowest BCUT2D eigenvalue weighted by Crippen LogP contribution is -2.54. The molecule has 0 aliphatic carbocycles. The van der Waals surface area contributed by atoms with Crippen molar-refractivity contribution in [3.63, 3.8) is 0 Å². The second-order valence-corrected chi connectivity index (χ2v) is 14.8. The zero-order valence-electron chi connectivity index (χ0n) is 31.5. The maximum Gasteiger partial charge on any atom is 0.407 e. The highest BCUT2D eigenvalue weighted by Crippen LogP contribution is 2.34. The van der Waals surface area contributed by atoms with E-state index in [4.69, 9.17) is 9.72 Å². The number of nitrogens with zero attached hydrogens (tertiary/aromatic N) is 4. The summed E-state index contributed by atoms with van der Waals surface area (Å²) in [7, 11) is 1.29. The molecule has 4 heterocycles. The van der Waals surface area contributed by atoms with E-state index in [0.29, 0.717) is 19.5 Å². The molecular weight excluding hydrogens is 686 g/mol. The minimum Gasteiger partial charge on any atom is -0.453 e. The number of aromatic amines is 1. The number of ether oxygens (including phenoxy) is 1. The number of carbonyl (C=O) groups excluding carboxylic acids is 4. The minimum absolute atomic E-state index is 0.109. The van der Waals surface area contributed by atoms with Crippen molar-refractivity contribution in [2.75, 3.05) is 26.8 Å². The van der Waals surface area contributed by atoms with Crippen LogP contribution in [-0.4, -0.2) is 99.3 Å². The van der Waals surface area contributed by atoms with Crippen LogP contribution in [0.2, 0.25) is 0 Å². The summed E-state index contributed by atoms with van der Waals surface area (Å²) in [5.74, 6) is 6.15. The Morgan fingerprint density at radius 3 is 2.17 bits per heavy atom. The van der Waals surface area contributed by atoms with Gasteiger partial charge in [-0.25, -0.2) is 9.78 Å². The Morgan fingerprint density at radius 2 is 1.52 bits per heavy atom. The molecule has 1 aromatic heterocycles. The van der Waals surface area contributed by atoms with Gasteiger partial charge in [0.25, 0.3) is 0 Å². The summed E-state index contributed by atoms with van der Waals surface area (Å²) in [5, 5.41) is 14.6. The number of fused-ring (bicyclic) bond motifs is 1. The van der Waals surface area contributed by atoms with Crippen molar-refractivity contribution in [1.29, 1.82) is 0 Å². The lowest BCUT2D eigenvalue weighted by molar-refractivity contribution is -0.138. The number of aliphatic hydroxyl groups excluding tert-OH is 1. The number of imidazole rings is 1. The Kier molecular flexibility index (Phi) is 11.8. The summed E-state index contributed by atoms with van der Waals surface area (Å²) < 4.78 is 4.76. The molecule has 0 radical (unpaired) electrons. The number of nitrogens with one attached hydrogen (secondary N) is 3. The van der Waals surface area contributed by atoms with Crippen LogP contribution in [-0.2, 0) is 19.1 Å². The van der Waals surface area contributed by atoms with Gasteiger partial charge in [0.15, 0.2) is 0 Å². The Balaban J connectivity index is 1.09. The zero-order valence-corrected chi connectivity index (χ0v) is 31.5. The first-order valence-electron chi connectivity index (χ1n) is 18.7. The van der Waals surface area contributed by atoms with Gasteiger partial charge in [-0.15, -0.1) is 0 Å². The van der Waals surface area contributed by atoms with E-state index in [0.717, 1.165) is 70.5 Å². The van der Waals surface area contributed by atoms with E-state index in [1.807, 2.05) is 73.9 Å². The third-order valence-corrected chi connectivity index (χ3v) is 10.4. The normalized spacial score (nSPS) is 19.3. The molecule has 6 rings (SSSR count). The van der Waals surface area contributed by atoms with Gasteiger partial charge >= 0.3 is 6.09 Å². The number of aliphatic hydroxyl groups is 1. The molecule has 13 nitrogen and oxygen atoms in total. The largest absolute Gasteiger partial charge is 0.453 e. The number of carbonyl (C=O) groups is 4. The fourth-order valence-electron chi connectivity index (χ4n) is 7.47. The summed E-state index contributed by atoms with van der Waals surface area (Å²) in [4.78, 5) is 67.4. The van der Waals surface area contributed by atoms with Crippen LogP contribution in [0.3, 0.4) is 0 Å². The first-order valence-corrected chi connectivity index (χ1v) is 18.7. The first kappa shape index (κ1) is 38.3. The molecule has 4 unspecified atom stereocenters. The number of alkyl carbamates (subject to hydrolysis) is 1. The number of methoxy groups -OCH3 is 1. The molecular formula is C41H49N7O6. The monoisotopic (exact) mass is 735 g/mol. The van der Waals surface area contributed by atoms with Gasteiger partial charge in [0, 0.05) is 42.6 Å². The van der Waals surface area contributed by atoms with Gasteiger partial charge in [-0.05, 0) is 72.9 Å². The van der Waals surface area contributed by atoms with Crippen LogP contribution < -0.4 is 10.6 Å². The van der Waals surface area contributed by atoms with Crippen molar-refractivity contribution in [1.82, 2.24) is 30.4 Å². The summed E-state index contributed by atoms with van der Waals surface area (Å²) in [6.45, 7) is 8.08. The standard InChI is InChI=1S/C41H49N7O6/c1-24(2)36(45-35(50)23-49)39(51)47-18-6-8-33(47)32-20-27(22-42-32)11-10-26-12-14-28(15-13-26)29-16-17-30-31(21-29)44-38(43-30)34-9-7-19-48(34)40(52)37(25(3)4)46-41(53)54-5/h12-17,21-22,24-25,33-34,36-37,49H,6-9,18-20,23H2,1-5H3,(H,43,44)(H,45,50)(H,46,53). The molecule has 0 bridgehead atoms. The second-order valence-electron chi connectivity index (χ2n) is 14.8. The number of hydrogen-bond donors (Lipinski definition) is 4. The number of amides is 4. The van der Waals surface area contributed by atoms with E-state index in [2.05, 4.69) is 38.5 Å². The smallest absolute Gasteiger partial charge is 0.407 e. The third-order valence-electron chi connectivity index (χ3n) is 10.4. The number of H-pyrrole nitrogens is 1. The van der Waals surface area contributed by atoms with E-state index in [9.17, 15) is 24.3 Å². The second kappa shape index (κ2) is 16.7. The van der Waals surface area contributed by atoms with Crippen LogP contribution in [0.4, 0.5) is 4.79 Å². The van der Waals surface area contributed by atoms with Crippen molar-refractivity contribution in [2.24, 2.45) is 16.8 Å². The first-order chi connectivity index (χ1) is 26.0. The van der Waals surface area contributed by atoms with E-state index < -0.39 is 30.7 Å². The van der Waals surface area contributed by atoms with Gasteiger partial charge in [0.1, 0.15) is 24.5 Å². The molecule has 4 N–H and O–H groups in total. The summed E-state index contributed by atoms with van der Waals surface area (Å²) in [5.41, 5.74) is 6.37. The molecule has 3 aliphatic heterocycles. The number of allylic oxidation sites excluding steroid dienone is 1. The molecule has 284 valence electrons. The number of likely N-dealkylation sites (tertiary alicyclic amines) is 2. The number of benzene rings is 2. The maximum atomic E-state index is 13.6. The van der Waals surface area contributed by atoms with E-state index in [1.54, 1.807) is 6.20 Å². The fourth-order valence-corrected chi connectivity index (χ4v) is 7.47. The molecule has 2 fully saturated rings. The van der Waals surface area contributed by atoms with Crippen LogP contribution in [0.5, 0.6) is 0 Å². The topological polar surface area (TPSA) is 169 Å². The summed E-state index contributed by atoms with van der Waals surface area (Å²) in [6, 6.07) is 12.4. The van der Waals surface area contributed by atoms with Crippen LogP contribution in [0.25, 0.3) is 22.2 Å². The Bertz CT molecular complexity index is 2020. The van der Waals surface area contributed by atoms with E-state index in [1.165, 1.54) is 7.11 Å². The van der Waals surface area contributed by atoms with Gasteiger partial charge in [-0.3, -0.25) is 19.4 Å². The average Bonchev–Trinajstić information content (AvgIpc) is 4.00. The lowest BCUT2D eigenvalue weighted by atomic mass is 9.99. The van der Waals surface area contributed by atoms with Gasteiger partial charge in [-0.1, -0.05) is 57.7 Å². The van der Waals surface area contributed by atoms with Crippen molar-refractivity contribution in [3.8, 4) is 23.0 Å². The van der Waals surface area contributed by atoms with Gasteiger partial charge in [0.05, 0.1) is 30.2 Å². The van der Waals surface area contributed by atoms with Crippen molar-refractivity contribution in [2.45, 2.75) is 84.0 Å². The minimum atomic E-state index is -0.705. The molecule has 13 heteroatoms. The number of rotatable bonds is 10. The molecule has 2 saturated heterocycles. The Hall–Kier alpha value is -5.48. The van der Waals surface area contributed by atoms with Gasteiger partial charge in [0.2, 0.25) is 17.7 Å². The molecule has 0 saturated carbocycles. The van der Waals surface area contributed by atoms with Crippen LogP contribution >= 0.6 is 0 Å². The Labute approximate surface area is 315 Å². The molecule has 2 aromatic carbocycles. The van der Waals surface area contributed by atoms with Crippen molar-refractivity contribution in [3.05, 3.63) is 65.6 Å². The fraction of sp³-hybridized carbons (Fsp3) is 0.463. The summed E-state index contributed by atoms with van der Waals surface area (Å²) >= 11 is 0. The molecule has 4 amide bonds. The Morgan fingerprint density at radius 1 is 0.889 bits per heavy atom. The molecule has 3 aromatic rings. The molecule has 3 aliphatic rings. The van der Waals surface area contributed by atoms with Gasteiger partial charge < -0.3 is 35.3 Å². The van der Waals surface area contributed by atoms with Gasteiger partial charge in [-0.2, -0.15) is 0 Å². The lowest BCUT2D eigenvalue weighted by Gasteiger charge is -2.31. The quantitative estimate of drug-likeness (QED) is 0.223. The highest BCUT2D eigenvalue weighted by molar-refractivity contribution is 5.99. The van der Waals surface area contributed by atoms with E-state index >= 15 is 0 Å². The SMILES string of the molecule is COC(=O)NC(C(=O)N1CCCC1c1nc2ccc(-c3ccc(C#CC4=CN=C(C5CCCN5C(=O)C(NC(=O)CO)C(C)C)C4)cc3)cc2[nH]1)C(C)C. The highest BCUT2D eigenvalue weighted by Gasteiger charge is 2.39. The van der Waals surface area contributed by atoms with E-state index in [-0.39, 0.29) is 35.7 Å². The number of hydrogen-bond acceptors (Lipinski definition) is 8. The predicted octanol–water partition coefficient (Wildman–Crippen LogP) is 4.48.